The van der Waals surface area contributed by atoms with Crippen LogP contribution in [0.5, 0.6) is 5.88 Å². The van der Waals surface area contributed by atoms with Gasteiger partial charge in [-0.1, -0.05) is 6.92 Å². The van der Waals surface area contributed by atoms with Crippen molar-refractivity contribution >= 4 is 22.6 Å². The number of imidazole rings is 1. The minimum Gasteiger partial charge on any atom is -0.481 e. The second kappa shape index (κ2) is 5.49. The van der Waals surface area contributed by atoms with Crippen LogP contribution in [0.25, 0.3) is 16.7 Å². The molecular weight excluding hydrogens is 296 g/mol. The van der Waals surface area contributed by atoms with Crippen LogP contribution in [0.3, 0.4) is 0 Å². The van der Waals surface area contributed by atoms with Crippen molar-refractivity contribution in [2.45, 2.75) is 33.6 Å². The summed E-state index contributed by atoms with van der Waals surface area (Å²) >= 11 is 0. The second-order valence-corrected chi connectivity index (χ2v) is 5.40. The van der Waals surface area contributed by atoms with Gasteiger partial charge < -0.3 is 4.74 Å². The Labute approximate surface area is 132 Å². The first-order chi connectivity index (χ1) is 11.0. The molecule has 0 saturated carbocycles. The molecule has 3 aromatic rings. The maximum Gasteiger partial charge on any atom is 0.284 e. The molecule has 0 bridgehead atoms. The Morgan fingerprint density at radius 1 is 1.30 bits per heavy atom. The van der Waals surface area contributed by atoms with Crippen LogP contribution in [0.2, 0.25) is 0 Å². The summed E-state index contributed by atoms with van der Waals surface area (Å²) in [5.41, 5.74) is 1.56. The lowest BCUT2D eigenvalue weighted by Crippen LogP contribution is -2.28. The van der Waals surface area contributed by atoms with Crippen molar-refractivity contribution in [3.05, 3.63) is 34.0 Å². The minimum atomic E-state index is -0.371. The predicted molar refractivity (Wildman–Crippen MR) is 86.3 cm³/mol. The number of methoxy groups -OCH3 is 1. The molecule has 0 spiro atoms. The SMILES string of the molecule is CCCc1nc(C)c2c(=O)n(C(C)=O)c3ccc(OC)nc3n12. The first kappa shape index (κ1) is 15.2. The lowest BCUT2D eigenvalue weighted by Gasteiger charge is -2.11. The molecule has 23 heavy (non-hydrogen) atoms. The smallest absolute Gasteiger partial charge is 0.284 e. The van der Waals surface area contributed by atoms with Crippen LogP contribution in [-0.4, -0.2) is 32.0 Å². The van der Waals surface area contributed by atoms with E-state index in [1.165, 1.54) is 14.0 Å². The van der Waals surface area contributed by atoms with Crippen LogP contribution in [0.4, 0.5) is 0 Å². The fraction of sp³-hybridized carbons (Fsp3) is 0.375. The maximum absolute atomic E-state index is 12.8. The standard InChI is InChI=1S/C16H18N4O3/c1-5-6-12-17-9(2)14-16(22)19(10(3)21)11-7-8-13(23-4)18-15(11)20(12)14/h7-8H,5-6H2,1-4H3. The zero-order valence-electron chi connectivity index (χ0n) is 13.6. The van der Waals surface area contributed by atoms with Crippen molar-refractivity contribution in [1.29, 1.82) is 0 Å². The zero-order chi connectivity index (χ0) is 16.7. The summed E-state index contributed by atoms with van der Waals surface area (Å²) in [6.07, 6.45) is 1.60. The average molecular weight is 314 g/mol. The molecule has 0 aliphatic carbocycles. The lowest BCUT2D eigenvalue weighted by atomic mass is 10.3. The highest BCUT2D eigenvalue weighted by Gasteiger charge is 2.20. The molecule has 3 rings (SSSR count). The van der Waals surface area contributed by atoms with E-state index >= 15 is 0 Å². The van der Waals surface area contributed by atoms with E-state index in [0.29, 0.717) is 34.7 Å². The number of fused-ring (bicyclic) bond motifs is 3. The number of carbonyl (C=O) groups excluding carboxylic acids is 1. The minimum absolute atomic E-state index is 0.355. The fourth-order valence-electron chi connectivity index (χ4n) is 2.86. The van der Waals surface area contributed by atoms with Gasteiger partial charge in [0.2, 0.25) is 11.8 Å². The molecule has 120 valence electrons. The third-order valence-electron chi connectivity index (χ3n) is 3.81. The quantitative estimate of drug-likeness (QED) is 0.738. The predicted octanol–water partition coefficient (Wildman–Crippen LogP) is 1.97. The molecule has 0 amide bonds. The van der Waals surface area contributed by atoms with Gasteiger partial charge in [-0.05, 0) is 19.4 Å². The first-order valence-corrected chi connectivity index (χ1v) is 7.48. The number of pyridine rings is 1. The molecule has 0 unspecified atom stereocenters. The molecule has 0 fully saturated rings. The second-order valence-electron chi connectivity index (χ2n) is 5.40. The number of nitrogens with zero attached hydrogens (tertiary/aromatic N) is 4. The molecule has 7 heteroatoms. The van der Waals surface area contributed by atoms with Crippen LogP contribution in [-0.2, 0) is 6.42 Å². The van der Waals surface area contributed by atoms with E-state index in [1.807, 2.05) is 6.92 Å². The van der Waals surface area contributed by atoms with Gasteiger partial charge in [0.05, 0.1) is 18.3 Å². The summed E-state index contributed by atoms with van der Waals surface area (Å²) in [5.74, 6) is 0.826. The van der Waals surface area contributed by atoms with Crippen LogP contribution >= 0.6 is 0 Å². The highest BCUT2D eigenvalue weighted by atomic mass is 16.5. The summed E-state index contributed by atoms with van der Waals surface area (Å²) in [5, 5.41) is 0. The van der Waals surface area contributed by atoms with Crippen molar-refractivity contribution in [2.24, 2.45) is 0 Å². The summed E-state index contributed by atoms with van der Waals surface area (Å²) in [6, 6.07) is 3.31. The number of carbonyl (C=O) groups is 1. The number of aromatic nitrogens is 4. The first-order valence-electron chi connectivity index (χ1n) is 7.48. The Balaban J connectivity index is 2.61. The Kier molecular flexibility index (Phi) is 3.63. The molecule has 0 aliphatic heterocycles. The van der Waals surface area contributed by atoms with E-state index in [-0.39, 0.29) is 11.5 Å². The number of hydrogen-bond donors (Lipinski definition) is 0. The van der Waals surface area contributed by atoms with Gasteiger partial charge in [0, 0.05) is 19.4 Å². The van der Waals surface area contributed by atoms with Crippen LogP contribution < -0.4 is 10.3 Å². The van der Waals surface area contributed by atoms with Gasteiger partial charge in [-0.2, -0.15) is 4.98 Å². The highest BCUT2D eigenvalue weighted by Crippen LogP contribution is 2.21. The molecule has 0 aliphatic rings. The normalized spacial score (nSPS) is 11.3. The topological polar surface area (TPSA) is 78.5 Å². The number of hydrogen-bond acceptors (Lipinski definition) is 5. The van der Waals surface area contributed by atoms with E-state index in [4.69, 9.17) is 4.74 Å². The molecule has 0 atom stereocenters. The van der Waals surface area contributed by atoms with E-state index in [1.54, 1.807) is 23.5 Å². The zero-order valence-corrected chi connectivity index (χ0v) is 13.6. The van der Waals surface area contributed by atoms with Crippen LogP contribution in [0.1, 0.15) is 36.6 Å². The third kappa shape index (κ3) is 2.19. The van der Waals surface area contributed by atoms with Gasteiger partial charge in [0.1, 0.15) is 11.3 Å². The number of ether oxygens (including phenoxy) is 1. The molecule has 7 nitrogen and oxygen atoms in total. The van der Waals surface area contributed by atoms with E-state index in [0.717, 1.165) is 16.8 Å². The van der Waals surface area contributed by atoms with Gasteiger partial charge >= 0.3 is 0 Å². The highest BCUT2D eigenvalue weighted by molar-refractivity contribution is 5.89. The van der Waals surface area contributed by atoms with Gasteiger partial charge in [0.25, 0.3) is 5.56 Å². The number of aryl methyl sites for hydroxylation is 2. The van der Waals surface area contributed by atoms with E-state index in [2.05, 4.69) is 9.97 Å². The van der Waals surface area contributed by atoms with Gasteiger partial charge in [-0.3, -0.25) is 14.0 Å². The van der Waals surface area contributed by atoms with Crippen molar-refractivity contribution in [3.63, 3.8) is 0 Å². The molecule has 0 saturated heterocycles. The maximum atomic E-state index is 12.8. The Morgan fingerprint density at radius 2 is 2.04 bits per heavy atom. The largest absolute Gasteiger partial charge is 0.481 e. The van der Waals surface area contributed by atoms with E-state index < -0.39 is 0 Å². The molecule has 0 radical (unpaired) electrons. The van der Waals surface area contributed by atoms with Crippen LogP contribution in [0, 0.1) is 6.92 Å². The summed E-state index contributed by atoms with van der Waals surface area (Å²) < 4.78 is 8.08. The van der Waals surface area contributed by atoms with Crippen molar-refractivity contribution in [3.8, 4) is 5.88 Å². The summed E-state index contributed by atoms with van der Waals surface area (Å²) in [7, 11) is 1.53. The lowest BCUT2D eigenvalue weighted by molar-refractivity contribution is 0.0938. The number of rotatable bonds is 3. The average Bonchev–Trinajstić information content (AvgIpc) is 2.84. The molecule has 0 N–H and O–H groups in total. The fourth-order valence-corrected chi connectivity index (χ4v) is 2.86. The molecule has 0 aromatic carbocycles. The third-order valence-corrected chi connectivity index (χ3v) is 3.81. The Hall–Kier alpha value is -2.70. The summed E-state index contributed by atoms with van der Waals surface area (Å²) in [6.45, 7) is 5.18. The van der Waals surface area contributed by atoms with E-state index in [9.17, 15) is 9.59 Å². The van der Waals surface area contributed by atoms with Crippen LogP contribution in [0.15, 0.2) is 16.9 Å². The van der Waals surface area contributed by atoms with Gasteiger partial charge in [-0.15, -0.1) is 0 Å². The van der Waals surface area contributed by atoms with Crippen molar-refractivity contribution in [1.82, 2.24) is 18.9 Å². The van der Waals surface area contributed by atoms with Crippen molar-refractivity contribution in [2.75, 3.05) is 7.11 Å². The molecular formula is C16H18N4O3. The Bertz CT molecular complexity index is 985. The van der Waals surface area contributed by atoms with Crippen molar-refractivity contribution < 1.29 is 9.53 Å². The van der Waals surface area contributed by atoms with Gasteiger partial charge in [-0.25, -0.2) is 9.55 Å². The van der Waals surface area contributed by atoms with Gasteiger partial charge in [0.15, 0.2) is 5.65 Å². The molecule has 3 heterocycles. The monoisotopic (exact) mass is 314 g/mol. The summed E-state index contributed by atoms with van der Waals surface area (Å²) in [4.78, 5) is 33.8. The Morgan fingerprint density at radius 3 is 2.65 bits per heavy atom. The molecule has 3 aromatic heterocycles.